The number of hydrogen-bond donors (Lipinski definition) is 2. The normalized spacial score (nSPS) is 10.6. The van der Waals surface area contributed by atoms with Crippen molar-refractivity contribution in [3.63, 3.8) is 0 Å². The zero-order chi connectivity index (χ0) is 11.0. The van der Waals surface area contributed by atoms with Gasteiger partial charge in [-0.1, -0.05) is 29.3 Å². The predicted molar refractivity (Wildman–Crippen MR) is 65.4 cm³/mol. The predicted octanol–water partition coefficient (Wildman–Crippen LogP) is 3.88. The van der Waals surface area contributed by atoms with Crippen molar-refractivity contribution in [2.24, 2.45) is 0 Å². The maximum absolute atomic E-state index is 6.09. The first kappa shape index (κ1) is 10.4. The standard InChI is InChI=1S/C11H10Cl2N2/c1-6-11(14)9(5-15-6)8-3-2-7(12)4-10(8)13/h2-5,15H,14H2,1H3. The van der Waals surface area contributed by atoms with Gasteiger partial charge in [-0.2, -0.15) is 0 Å². The van der Waals surface area contributed by atoms with Gasteiger partial charge >= 0.3 is 0 Å². The lowest BCUT2D eigenvalue weighted by Crippen LogP contribution is -1.88. The van der Waals surface area contributed by atoms with Gasteiger partial charge in [0, 0.05) is 28.0 Å². The number of benzene rings is 1. The van der Waals surface area contributed by atoms with Gasteiger partial charge < -0.3 is 10.7 Å². The van der Waals surface area contributed by atoms with Crippen LogP contribution in [0.1, 0.15) is 5.69 Å². The first-order chi connectivity index (χ1) is 7.09. The third-order valence-electron chi connectivity index (χ3n) is 2.35. The van der Waals surface area contributed by atoms with Crippen LogP contribution in [0, 0.1) is 6.92 Å². The molecule has 2 aromatic rings. The molecule has 0 radical (unpaired) electrons. The molecule has 0 unspecified atom stereocenters. The number of aromatic amines is 1. The van der Waals surface area contributed by atoms with Crippen molar-refractivity contribution in [2.75, 3.05) is 5.73 Å². The number of H-pyrrole nitrogens is 1. The van der Waals surface area contributed by atoms with E-state index in [4.69, 9.17) is 28.9 Å². The van der Waals surface area contributed by atoms with Gasteiger partial charge in [-0.05, 0) is 19.1 Å². The molecule has 0 amide bonds. The highest BCUT2D eigenvalue weighted by Gasteiger charge is 2.10. The molecule has 2 rings (SSSR count). The topological polar surface area (TPSA) is 41.8 Å². The van der Waals surface area contributed by atoms with E-state index in [1.807, 2.05) is 19.2 Å². The van der Waals surface area contributed by atoms with Gasteiger partial charge in [0.2, 0.25) is 0 Å². The second kappa shape index (κ2) is 3.80. The second-order valence-electron chi connectivity index (χ2n) is 3.37. The summed E-state index contributed by atoms with van der Waals surface area (Å²) in [5.41, 5.74) is 9.38. The van der Waals surface area contributed by atoms with E-state index >= 15 is 0 Å². The Morgan fingerprint density at radius 1 is 1.20 bits per heavy atom. The van der Waals surface area contributed by atoms with Crippen LogP contribution in [0.4, 0.5) is 5.69 Å². The Kier molecular flexibility index (Phi) is 2.63. The molecular weight excluding hydrogens is 231 g/mol. The fourth-order valence-corrected chi connectivity index (χ4v) is 1.98. The lowest BCUT2D eigenvalue weighted by molar-refractivity contribution is 1.27. The van der Waals surface area contributed by atoms with Gasteiger partial charge in [0.05, 0.1) is 10.7 Å². The minimum absolute atomic E-state index is 0.605. The highest BCUT2D eigenvalue weighted by Crippen LogP contribution is 2.34. The van der Waals surface area contributed by atoms with Crippen LogP contribution < -0.4 is 5.73 Å². The van der Waals surface area contributed by atoms with Crippen molar-refractivity contribution in [2.45, 2.75) is 6.92 Å². The maximum Gasteiger partial charge on any atom is 0.0602 e. The third-order valence-corrected chi connectivity index (χ3v) is 2.90. The number of anilines is 1. The van der Waals surface area contributed by atoms with Crippen LogP contribution in [0.2, 0.25) is 10.0 Å². The maximum atomic E-state index is 6.09. The van der Waals surface area contributed by atoms with E-state index in [9.17, 15) is 0 Å². The Balaban J connectivity index is 2.59. The van der Waals surface area contributed by atoms with Crippen molar-refractivity contribution >= 4 is 28.9 Å². The molecule has 0 bridgehead atoms. The minimum Gasteiger partial charge on any atom is -0.397 e. The summed E-state index contributed by atoms with van der Waals surface area (Å²) in [5.74, 6) is 0. The largest absolute Gasteiger partial charge is 0.397 e. The first-order valence-electron chi connectivity index (χ1n) is 4.48. The summed E-state index contributed by atoms with van der Waals surface area (Å²) >= 11 is 11.9. The quantitative estimate of drug-likeness (QED) is 0.781. The van der Waals surface area contributed by atoms with E-state index < -0.39 is 0 Å². The zero-order valence-electron chi connectivity index (χ0n) is 8.14. The number of nitrogen functional groups attached to an aromatic ring is 1. The van der Waals surface area contributed by atoms with Crippen molar-refractivity contribution in [1.29, 1.82) is 0 Å². The van der Waals surface area contributed by atoms with Crippen LogP contribution in [-0.4, -0.2) is 4.98 Å². The molecule has 3 N–H and O–H groups in total. The zero-order valence-corrected chi connectivity index (χ0v) is 9.65. The van der Waals surface area contributed by atoms with Crippen LogP contribution in [0.3, 0.4) is 0 Å². The van der Waals surface area contributed by atoms with Crippen LogP contribution in [0.25, 0.3) is 11.1 Å². The van der Waals surface area contributed by atoms with Gasteiger partial charge in [0.1, 0.15) is 0 Å². The molecule has 15 heavy (non-hydrogen) atoms. The number of rotatable bonds is 1. The molecule has 0 spiro atoms. The molecule has 0 fully saturated rings. The van der Waals surface area contributed by atoms with Gasteiger partial charge in [0.25, 0.3) is 0 Å². The van der Waals surface area contributed by atoms with E-state index in [2.05, 4.69) is 4.98 Å². The molecule has 1 aromatic carbocycles. The molecule has 0 atom stereocenters. The van der Waals surface area contributed by atoms with Gasteiger partial charge in [-0.3, -0.25) is 0 Å². The Morgan fingerprint density at radius 2 is 1.93 bits per heavy atom. The Morgan fingerprint density at radius 3 is 2.47 bits per heavy atom. The van der Waals surface area contributed by atoms with E-state index in [0.29, 0.717) is 10.0 Å². The van der Waals surface area contributed by atoms with Crippen molar-refractivity contribution in [1.82, 2.24) is 4.98 Å². The number of aromatic nitrogens is 1. The number of hydrogen-bond acceptors (Lipinski definition) is 1. The van der Waals surface area contributed by atoms with Crippen LogP contribution >= 0.6 is 23.2 Å². The number of halogens is 2. The number of nitrogens with one attached hydrogen (secondary N) is 1. The minimum atomic E-state index is 0.605. The molecule has 0 aliphatic rings. The Bertz CT molecular complexity index is 503. The van der Waals surface area contributed by atoms with Crippen molar-refractivity contribution < 1.29 is 0 Å². The second-order valence-corrected chi connectivity index (χ2v) is 4.21. The molecule has 1 aromatic heterocycles. The van der Waals surface area contributed by atoms with Crippen LogP contribution in [-0.2, 0) is 0 Å². The van der Waals surface area contributed by atoms with Gasteiger partial charge in [0.15, 0.2) is 0 Å². The van der Waals surface area contributed by atoms with E-state index in [1.165, 1.54) is 0 Å². The first-order valence-corrected chi connectivity index (χ1v) is 5.24. The van der Waals surface area contributed by atoms with Crippen LogP contribution in [0.5, 0.6) is 0 Å². The lowest BCUT2D eigenvalue weighted by Gasteiger charge is -2.03. The van der Waals surface area contributed by atoms with E-state index in [-0.39, 0.29) is 0 Å². The smallest absolute Gasteiger partial charge is 0.0602 e. The van der Waals surface area contributed by atoms with Crippen LogP contribution in [0.15, 0.2) is 24.4 Å². The monoisotopic (exact) mass is 240 g/mol. The molecule has 0 saturated heterocycles. The molecule has 4 heteroatoms. The summed E-state index contributed by atoms with van der Waals surface area (Å²) in [7, 11) is 0. The fourth-order valence-electron chi connectivity index (χ4n) is 1.47. The molecule has 0 saturated carbocycles. The third kappa shape index (κ3) is 1.83. The van der Waals surface area contributed by atoms with Gasteiger partial charge in [-0.15, -0.1) is 0 Å². The average Bonchev–Trinajstić information content (AvgIpc) is 2.49. The van der Waals surface area contributed by atoms with Gasteiger partial charge in [-0.25, -0.2) is 0 Å². The highest BCUT2D eigenvalue weighted by molar-refractivity contribution is 6.36. The summed E-state index contributed by atoms with van der Waals surface area (Å²) in [5, 5.41) is 1.22. The van der Waals surface area contributed by atoms with Crippen molar-refractivity contribution in [3.8, 4) is 11.1 Å². The summed E-state index contributed by atoms with van der Waals surface area (Å²) in [6.07, 6.45) is 1.85. The molecule has 78 valence electrons. The molecule has 0 aliphatic heterocycles. The van der Waals surface area contributed by atoms with E-state index in [1.54, 1.807) is 12.1 Å². The molecule has 1 heterocycles. The lowest BCUT2D eigenvalue weighted by atomic mass is 10.1. The summed E-state index contributed by atoms with van der Waals surface area (Å²) < 4.78 is 0. The average molecular weight is 241 g/mol. The number of nitrogens with two attached hydrogens (primary N) is 1. The fraction of sp³-hybridized carbons (Fsp3) is 0.0909. The molecule has 2 nitrogen and oxygen atoms in total. The summed E-state index contributed by atoms with van der Waals surface area (Å²) in [4.78, 5) is 3.06. The Hall–Kier alpha value is -1.12. The summed E-state index contributed by atoms with van der Waals surface area (Å²) in [6, 6.07) is 5.37. The summed E-state index contributed by atoms with van der Waals surface area (Å²) in [6.45, 7) is 1.92. The molecular formula is C11H10Cl2N2. The van der Waals surface area contributed by atoms with Crippen molar-refractivity contribution in [3.05, 3.63) is 40.1 Å². The highest BCUT2D eigenvalue weighted by atomic mass is 35.5. The van der Waals surface area contributed by atoms with E-state index in [0.717, 1.165) is 22.5 Å². The Labute approximate surface area is 98.0 Å². The number of aryl methyl sites for hydroxylation is 1. The molecule has 0 aliphatic carbocycles. The SMILES string of the molecule is Cc1[nH]cc(-c2ccc(Cl)cc2Cl)c1N.